The van der Waals surface area contributed by atoms with E-state index in [1.165, 1.54) is 0 Å². The van der Waals surface area contributed by atoms with Gasteiger partial charge in [0.2, 0.25) is 0 Å². The number of benzene rings is 1. The third-order valence-electron chi connectivity index (χ3n) is 4.16. The number of halogens is 1. The van der Waals surface area contributed by atoms with E-state index in [2.05, 4.69) is 41.5 Å². The zero-order valence-electron chi connectivity index (χ0n) is 14.3. The summed E-state index contributed by atoms with van der Waals surface area (Å²) < 4.78 is 2.62. The SMILES string of the molecule is Cc1c(NC(=O)c2ccc(-n3cc(Br)cn3)cc2)n[nH]c1-c1ccncc1. The molecule has 0 bridgehead atoms. The average Bonchev–Trinajstić information content (AvgIpc) is 3.29. The van der Waals surface area contributed by atoms with Crippen LogP contribution in [0.3, 0.4) is 0 Å². The van der Waals surface area contributed by atoms with Crippen molar-refractivity contribution in [1.29, 1.82) is 0 Å². The largest absolute Gasteiger partial charge is 0.305 e. The van der Waals surface area contributed by atoms with Gasteiger partial charge in [0.15, 0.2) is 5.82 Å². The molecule has 0 aliphatic carbocycles. The number of rotatable bonds is 4. The molecule has 0 saturated carbocycles. The Bertz CT molecular complexity index is 1090. The number of amides is 1. The minimum Gasteiger partial charge on any atom is -0.305 e. The predicted octanol–water partition coefficient (Wildman–Crippen LogP) is 3.98. The zero-order valence-corrected chi connectivity index (χ0v) is 15.9. The fourth-order valence-electron chi connectivity index (χ4n) is 2.71. The van der Waals surface area contributed by atoms with Crippen molar-refractivity contribution in [2.75, 3.05) is 5.32 Å². The molecule has 3 heterocycles. The lowest BCUT2D eigenvalue weighted by Crippen LogP contribution is -2.13. The summed E-state index contributed by atoms with van der Waals surface area (Å²) >= 11 is 3.37. The van der Waals surface area contributed by atoms with Gasteiger partial charge in [0.05, 0.1) is 22.1 Å². The molecule has 8 heteroatoms. The molecule has 1 aromatic carbocycles. The molecule has 27 heavy (non-hydrogen) atoms. The number of aromatic nitrogens is 5. The van der Waals surface area contributed by atoms with Gasteiger partial charge in [0, 0.05) is 35.3 Å². The lowest BCUT2D eigenvalue weighted by molar-refractivity contribution is 0.102. The van der Waals surface area contributed by atoms with Crippen LogP contribution in [0.4, 0.5) is 5.82 Å². The number of aromatic amines is 1. The van der Waals surface area contributed by atoms with Crippen molar-refractivity contribution in [2.45, 2.75) is 6.92 Å². The quantitative estimate of drug-likeness (QED) is 0.520. The van der Waals surface area contributed by atoms with E-state index in [9.17, 15) is 4.79 Å². The Labute approximate surface area is 163 Å². The van der Waals surface area contributed by atoms with E-state index < -0.39 is 0 Å². The summed E-state index contributed by atoms with van der Waals surface area (Å²) in [4.78, 5) is 16.6. The second-order valence-electron chi connectivity index (χ2n) is 5.91. The predicted molar refractivity (Wildman–Crippen MR) is 106 cm³/mol. The number of carbonyl (C=O) groups is 1. The average molecular weight is 423 g/mol. The molecule has 134 valence electrons. The second-order valence-corrected chi connectivity index (χ2v) is 6.83. The Balaban J connectivity index is 1.52. The summed E-state index contributed by atoms with van der Waals surface area (Å²) in [6, 6.07) is 11.0. The number of hydrogen-bond acceptors (Lipinski definition) is 4. The van der Waals surface area contributed by atoms with E-state index in [0.717, 1.165) is 27.0 Å². The van der Waals surface area contributed by atoms with E-state index in [0.29, 0.717) is 11.4 Å². The minimum absolute atomic E-state index is 0.223. The molecule has 4 aromatic rings. The molecule has 0 fully saturated rings. The molecule has 7 nitrogen and oxygen atoms in total. The maximum atomic E-state index is 12.6. The molecule has 4 rings (SSSR count). The first kappa shape index (κ1) is 17.2. The number of H-pyrrole nitrogens is 1. The highest BCUT2D eigenvalue weighted by atomic mass is 79.9. The highest BCUT2D eigenvalue weighted by Gasteiger charge is 2.14. The zero-order chi connectivity index (χ0) is 18.8. The Morgan fingerprint density at radius 2 is 1.89 bits per heavy atom. The Morgan fingerprint density at radius 3 is 2.56 bits per heavy atom. The molecule has 0 unspecified atom stereocenters. The van der Waals surface area contributed by atoms with Gasteiger partial charge in [-0.05, 0) is 59.3 Å². The van der Waals surface area contributed by atoms with Gasteiger partial charge in [-0.25, -0.2) is 4.68 Å². The van der Waals surface area contributed by atoms with Crippen LogP contribution in [-0.2, 0) is 0 Å². The van der Waals surface area contributed by atoms with E-state index in [1.54, 1.807) is 35.4 Å². The first-order valence-corrected chi connectivity index (χ1v) is 8.98. The summed E-state index contributed by atoms with van der Waals surface area (Å²) in [5, 5.41) is 14.3. The molecular weight excluding hydrogens is 408 g/mol. The van der Waals surface area contributed by atoms with E-state index in [4.69, 9.17) is 0 Å². The topological polar surface area (TPSA) is 88.5 Å². The van der Waals surface area contributed by atoms with Gasteiger partial charge in [-0.2, -0.15) is 10.2 Å². The third kappa shape index (κ3) is 3.52. The van der Waals surface area contributed by atoms with Crippen molar-refractivity contribution in [3.8, 4) is 16.9 Å². The van der Waals surface area contributed by atoms with E-state index >= 15 is 0 Å². The van der Waals surface area contributed by atoms with Crippen LogP contribution in [0.15, 0.2) is 65.7 Å². The Morgan fingerprint density at radius 1 is 1.15 bits per heavy atom. The molecule has 0 aliphatic heterocycles. The van der Waals surface area contributed by atoms with Crippen LogP contribution >= 0.6 is 15.9 Å². The van der Waals surface area contributed by atoms with Gasteiger partial charge < -0.3 is 5.32 Å². The van der Waals surface area contributed by atoms with Gasteiger partial charge in [0.25, 0.3) is 5.91 Å². The fraction of sp³-hybridized carbons (Fsp3) is 0.0526. The lowest BCUT2D eigenvalue weighted by atomic mass is 10.1. The summed E-state index contributed by atoms with van der Waals surface area (Å²) in [5.41, 5.74) is 4.09. The van der Waals surface area contributed by atoms with Crippen molar-refractivity contribution in [1.82, 2.24) is 25.0 Å². The molecule has 0 radical (unpaired) electrons. The van der Waals surface area contributed by atoms with Crippen molar-refractivity contribution in [3.05, 3.63) is 76.8 Å². The monoisotopic (exact) mass is 422 g/mol. The van der Waals surface area contributed by atoms with Crippen LogP contribution in [0.2, 0.25) is 0 Å². The van der Waals surface area contributed by atoms with Crippen molar-refractivity contribution >= 4 is 27.7 Å². The van der Waals surface area contributed by atoms with Crippen LogP contribution in [0.25, 0.3) is 16.9 Å². The van der Waals surface area contributed by atoms with Crippen LogP contribution in [0, 0.1) is 6.92 Å². The van der Waals surface area contributed by atoms with Gasteiger partial charge in [-0.15, -0.1) is 0 Å². The molecule has 3 aromatic heterocycles. The summed E-state index contributed by atoms with van der Waals surface area (Å²) in [7, 11) is 0. The number of anilines is 1. The normalized spacial score (nSPS) is 10.7. The number of nitrogens with zero attached hydrogens (tertiary/aromatic N) is 4. The molecular formula is C19H15BrN6O. The van der Waals surface area contributed by atoms with Gasteiger partial charge in [-0.1, -0.05) is 0 Å². The standard InChI is InChI=1S/C19H15BrN6O/c1-12-17(13-6-8-21-9-7-13)24-25-18(12)23-19(27)14-2-4-16(5-3-14)26-11-15(20)10-22-26/h2-11H,1H3,(H2,23,24,25,27). The molecule has 2 N–H and O–H groups in total. The molecule has 0 aliphatic rings. The molecule has 0 atom stereocenters. The minimum atomic E-state index is -0.223. The highest BCUT2D eigenvalue weighted by Crippen LogP contribution is 2.25. The summed E-state index contributed by atoms with van der Waals surface area (Å²) in [5.74, 6) is 0.283. The molecule has 0 saturated heterocycles. The highest BCUT2D eigenvalue weighted by molar-refractivity contribution is 9.10. The van der Waals surface area contributed by atoms with Crippen LogP contribution < -0.4 is 5.32 Å². The smallest absolute Gasteiger partial charge is 0.256 e. The van der Waals surface area contributed by atoms with Crippen LogP contribution in [0.5, 0.6) is 0 Å². The Kier molecular flexibility index (Phi) is 4.55. The number of hydrogen-bond donors (Lipinski definition) is 2. The summed E-state index contributed by atoms with van der Waals surface area (Å²) in [6.07, 6.45) is 6.99. The van der Waals surface area contributed by atoms with Gasteiger partial charge >= 0.3 is 0 Å². The number of nitrogens with one attached hydrogen (secondary N) is 2. The van der Waals surface area contributed by atoms with Crippen molar-refractivity contribution in [3.63, 3.8) is 0 Å². The van der Waals surface area contributed by atoms with Crippen LogP contribution in [0.1, 0.15) is 15.9 Å². The maximum Gasteiger partial charge on any atom is 0.256 e. The maximum absolute atomic E-state index is 12.6. The molecule has 0 spiro atoms. The number of carbonyl (C=O) groups excluding carboxylic acids is 1. The molecule has 1 amide bonds. The Hall–Kier alpha value is -3.26. The first-order valence-electron chi connectivity index (χ1n) is 8.19. The number of pyridine rings is 1. The second kappa shape index (κ2) is 7.16. The van der Waals surface area contributed by atoms with E-state index in [-0.39, 0.29) is 5.91 Å². The van der Waals surface area contributed by atoms with Gasteiger partial charge in [-0.3, -0.25) is 14.9 Å². The lowest BCUT2D eigenvalue weighted by Gasteiger charge is -2.06. The fourth-order valence-corrected chi connectivity index (χ4v) is 2.99. The third-order valence-corrected chi connectivity index (χ3v) is 4.57. The van der Waals surface area contributed by atoms with E-state index in [1.807, 2.05) is 37.4 Å². The summed E-state index contributed by atoms with van der Waals surface area (Å²) in [6.45, 7) is 1.91. The van der Waals surface area contributed by atoms with Crippen LogP contribution in [-0.4, -0.2) is 30.9 Å². The van der Waals surface area contributed by atoms with Crippen molar-refractivity contribution in [2.24, 2.45) is 0 Å². The van der Waals surface area contributed by atoms with Crippen molar-refractivity contribution < 1.29 is 4.79 Å². The first-order chi connectivity index (χ1) is 13.1. The van der Waals surface area contributed by atoms with Gasteiger partial charge in [0.1, 0.15) is 0 Å².